The maximum Gasteiger partial charge on any atom is 0.296 e. The fourth-order valence-electron chi connectivity index (χ4n) is 4.16. The molecule has 1 N–H and O–H groups in total. The first-order valence-corrected chi connectivity index (χ1v) is 11.0. The fourth-order valence-corrected chi connectivity index (χ4v) is 5.33. The Bertz CT molecular complexity index is 1520. The number of fused-ring (bicyclic) bond motifs is 1. The number of ketones is 1. The second kappa shape index (κ2) is 7.92. The van der Waals surface area contributed by atoms with Crippen LogP contribution in [0.3, 0.4) is 0 Å². The normalized spacial score (nSPS) is 16.0. The summed E-state index contributed by atoms with van der Waals surface area (Å²) in [6, 6.07) is 11.3. The SMILES string of the molecule is Cc1cc(C)c2nc(N3C(=O)C(O)=C(C(=O)c4ccco4)C3c3cccc([N+](=O)[O-])c3)sc2c1. The number of hydrogen-bond acceptors (Lipinski definition) is 8. The second-order valence-electron chi connectivity index (χ2n) is 7.92. The van der Waals surface area contributed by atoms with Gasteiger partial charge in [0.25, 0.3) is 11.6 Å². The van der Waals surface area contributed by atoms with E-state index in [2.05, 4.69) is 4.98 Å². The van der Waals surface area contributed by atoms with Gasteiger partial charge in [0, 0.05) is 12.1 Å². The molecule has 1 atom stereocenters. The molecule has 170 valence electrons. The van der Waals surface area contributed by atoms with E-state index < -0.39 is 28.4 Å². The maximum absolute atomic E-state index is 13.3. The Balaban J connectivity index is 1.72. The number of rotatable bonds is 5. The first-order valence-electron chi connectivity index (χ1n) is 10.2. The van der Waals surface area contributed by atoms with E-state index in [4.69, 9.17) is 4.42 Å². The summed E-state index contributed by atoms with van der Waals surface area (Å²) in [5.74, 6) is -2.32. The van der Waals surface area contributed by atoms with Crippen molar-refractivity contribution in [1.82, 2.24) is 4.98 Å². The molecular weight excluding hydrogens is 458 g/mol. The molecule has 0 saturated carbocycles. The number of aliphatic hydroxyl groups excluding tert-OH is 1. The van der Waals surface area contributed by atoms with Crippen LogP contribution in [-0.2, 0) is 4.79 Å². The number of thiazole rings is 1. The Morgan fingerprint density at radius 3 is 2.71 bits per heavy atom. The topological polar surface area (TPSA) is 127 Å². The van der Waals surface area contributed by atoms with Gasteiger partial charge in [-0.2, -0.15) is 0 Å². The molecule has 0 saturated heterocycles. The predicted molar refractivity (Wildman–Crippen MR) is 125 cm³/mol. The number of hydrogen-bond donors (Lipinski definition) is 1. The average Bonchev–Trinajstić information content (AvgIpc) is 3.53. The Hall–Kier alpha value is -4.31. The summed E-state index contributed by atoms with van der Waals surface area (Å²) >= 11 is 1.24. The van der Waals surface area contributed by atoms with Crippen LogP contribution in [0.25, 0.3) is 10.2 Å². The molecule has 9 nitrogen and oxygen atoms in total. The molecule has 0 fully saturated rings. The van der Waals surface area contributed by atoms with Crippen molar-refractivity contribution in [2.75, 3.05) is 4.90 Å². The van der Waals surface area contributed by atoms with Crippen LogP contribution in [0.1, 0.15) is 33.3 Å². The van der Waals surface area contributed by atoms with Crippen molar-refractivity contribution in [3.8, 4) is 0 Å². The van der Waals surface area contributed by atoms with Crippen molar-refractivity contribution >= 4 is 44.1 Å². The number of carbonyl (C=O) groups is 2. The Morgan fingerprint density at radius 2 is 2.00 bits per heavy atom. The molecule has 0 aliphatic carbocycles. The molecule has 1 unspecified atom stereocenters. The van der Waals surface area contributed by atoms with E-state index in [0.717, 1.165) is 15.8 Å². The molecule has 0 bridgehead atoms. The van der Waals surface area contributed by atoms with E-state index >= 15 is 0 Å². The Labute approximate surface area is 196 Å². The van der Waals surface area contributed by atoms with E-state index in [1.165, 1.54) is 52.8 Å². The summed E-state index contributed by atoms with van der Waals surface area (Å²) in [4.78, 5) is 43.2. The second-order valence-corrected chi connectivity index (χ2v) is 8.93. The fraction of sp³-hybridized carbons (Fsp3) is 0.125. The number of aryl methyl sites for hydroxylation is 2. The van der Waals surface area contributed by atoms with E-state index in [0.29, 0.717) is 5.52 Å². The highest BCUT2D eigenvalue weighted by Gasteiger charge is 2.46. The van der Waals surface area contributed by atoms with Crippen LogP contribution in [0.4, 0.5) is 10.8 Å². The molecule has 0 spiro atoms. The Morgan fingerprint density at radius 1 is 1.21 bits per heavy atom. The zero-order chi connectivity index (χ0) is 24.1. The number of nitro groups is 1. The number of nitrogens with zero attached hydrogens (tertiary/aromatic N) is 3. The molecule has 5 rings (SSSR count). The lowest BCUT2D eigenvalue weighted by molar-refractivity contribution is -0.384. The highest BCUT2D eigenvalue weighted by molar-refractivity contribution is 7.22. The van der Waals surface area contributed by atoms with Crippen molar-refractivity contribution in [2.45, 2.75) is 19.9 Å². The number of non-ortho nitro benzene ring substituents is 1. The lowest BCUT2D eigenvalue weighted by atomic mass is 9.95. The summed E-state index contributed by atoms with van der Waals surface area (Å²) < 4.78 is 6.05. The van der Waals surface area contributed by atoms with Crippen LogP contribution >= 0.6 is 11.3 Å². The van der Waals surface area contributed by atoms with Crippen molar-refractivity contribution in [3.63, 3.8) is 0 Å². The molecule has 1 aliphatic heterocycles. The van der Waals surface area contributed by atoms with Gasteiger partial charge in [0.15, 0.2) is 16.7 Å². The number of amides is 1. The van der Waals surface area contributed by atoms with Crippen LogP contribution in [0, 0.1) is 24.0 Å². The summed E-state index contributed by atoms with van der Waals surface area (Å²) in [5.41, 5.74) is 2.48. The van der Waals surface area contributed by atoms with E-state index in [1.807, 2.05) is 26.0 Å². The predicted octanol–water partition coefficient (Wildman–Crippen LogP) is 5.20. The van der Waals surface area contributed by atoms with Crippen LogP contribution in [-0.4, -0.2) is 26.7 Å². The van der Waals surface area contributed by atoms with Crippen molar-refractivity contribution in [3.05, 3.63) is 98.7 Å². The highest BCUT2D eigenvalue weighted by atomic mass is 32.1. The minimum Gasteiger partial charge on any atom is -0.503 e. The molecule has 0 radical (unpaired) electrons. The van der Waals surface area contributed by atoms with Crippen LogP contribution < -0.4 is 4.90 Å². The van der Waals surface area contributed by atoms with Crippen LogP contribution in [0.15, 0.2) is 70.5 Å². The quantitative estimate of drug-likeness (QED) is 0.239. The standard InChI is InChI=1S/C24H17N3O6S/c1-12-9-13(2)19-17(10-12)34-24(25-19)26-20(14-5-3-6-15(11-14)27(31)32)18(22(29)23(26)30)21(28)16-7-4-8-33-16/h3-11,20,29H,1-2H3. The minimum absolute atomic E-state index is 0.0672. The van der Waals surface area contributed by atoms with Gasteiger partial charge in [-0.3, -0.25) is 24.6 Å². The summed E-state index contributed by atoms with van der Waals surface area (Å²) in [6.45, 7) is 3.86. The molecule has 2 aromatic carbocycles. The smallest absolute Gasteiger partial charge is 0.296 e. The summed E-state index contributed by atoms with van der Waals surface area (Å²) in [7, 11) is 0. The highest BCUT2D eigenvalue weighted by Crippen LogP contribution is 2.45. The van der Waals surface area contributed by atoms with Crippen LogP contribution in [0.2, 0.25) is 0 Å². The Kier molecular flexibility index (Phi) is 5.02. The van der Waals surface area contributed by atoms with Gasteiger partial charge in [-0.1, -0.05) is 29.5 Å². The molecule has 1 amide bonds. The number of aliphatic hydroxyl groups is 1. The average molecular weight is 475 g/mol. The van der Waals surface area contributed by atoms with Gasteiger partial charge in [0.05, 0.1) is 33.0 Å². The summed E-state index contributed by atoms with van der Waals surface area (Å²) in [5, 5.41) is 22.5. The largest absolute Gasteiger partial charge is 0.503 e. The number of anilines is 1. The van der Waals surface area contributed by atoms with Gasteiger partial charge in [-0.25, -0.2) is 4.98 Å². The molecule has 34 heavy (non-hydrogen) atoms. The third kappa shape index (κ3) is 3.35. The lowest BCUT2D eigenvalue weighted by Crippen LogP contribution is -2.31. The number of carbonyl (C=O) groups excluding carboxylic acids is 2. The zero-order valence-corrected chi connectivity index (χ0v) is 18.8. The minimum atomic E-state index is -1.13. The van der Waals surface area contributed by atoms with Gasteiger partial charge in [-0.05, 0) is 48.7 Å². The molecule has 3 heterocycles. The first kappa shape index (κ1) is 21.5. The maximum atomic E-state index is 13.3. The van der Waals surface area contributed by atoms with E-state index in [-0.39, 0.29) is 27.7 Å². The number of nitro benzene ring substituents is 1. The lowest BCUT2D eigenvalue weighted by Gasteiger charge is -2.24. The molecule has 4 aromatic rings. The third-order valence-electron chi connectivity index (χ3n) is 5.62. The summed E-state index contributed by atoms with van der Waals surface area (Å²) in [6.07, 6.45) is 1.31. The van der Waals surface area contributed by atoms with E-state index in [1.54, 1.807) is 6.07 Å². The van der Waals surface area contributed by atoms with Gasteiger partial charge in [0.2, 0.25) is 5.78 Å². The number of furan rings is 1. The molecule has 10 heteroatoms. The zero-order valence-electron chi connectivity index (χ0n) is 18.0. The van der Waals surface area contributed by atoms with Crippen molar-refractivity contribution < 1.29 is 24.0 Å². The molecule has 1 aliphatic rings. The van der Waals surface area contributed by atoms with Crippen molar-refractivity contribution in [2.24, 2.45) is 0 Å². The van der Waals surface area contributed by atoms with Crippen LogP contribution in [0.5, 0.6) is 0 Å². The number of benzene rings is 2. The van der Waals surface area contributed by atoms with Gasteiger partial charge in [-0.15, -0.1) is 0 Å². The third-order valence-corrected chi connectivity index (χ3v) is 6.62. The number of aromatic nitrogens is 1. The van der Waals surface area contributed by atoms with Gasteiger partial charge < -0.3 is 9.52 Å². The molecular formula is C24H17N3O6S. The first-order chi connectivity index (χ1) is 16.3. The van der Waals surface area contributed by atoms with Crippen molar-refractivity contribution in [1.29, 1.82) is 0 Å². The monoisotopic (exact) mass is 475 g/mol. The van der Waals surface area contributed by atoms with Gasteiger partial charge >= 0.3 is 0 Å². The molecule has 2 aromatic heterocycles. The van der Waals surface area contributed by atoms with E-state index in [9.17, 15) is 24.8 Å². The van der Waals surface area contributed by atoms with Gasteiger partial charge in [0.1, 0.15) is 0 Å². The number of Topliss-reactive ketones (excluding diaryl/α,β-unsaturated/α-hetero) is 1.